The van der Waals surface area contributed by atoms with Crippen LogP contribution in [0.3, 0.4) is 0 Å². The van der Waals surface area contributed by atoms with Gasteiger partial charge in [-0.2, -0.15) is 5.10 Å². The minimum Gasteiger partial charge on any atom is -0.361 e. The quantitative estimate of drug-likeness (QED) is 0.475. The molecule has 4 rings (SSSR count). The van der Waals surface area contributed by atoms with Crippen molar-refractivity contribution in [1.82, 2.24) is 30.0 Å². The van der Waals surface area contributed by atoms with Gasteiger partial charge in [0.15, 0.2) is 0 Å². The van der Waals surface area contributed by atoms with Gasteiger partial charge in [-0.15, -0.1) is 0 Å². The summed E-state index contributed by atoms with van der Waals surface area (Å²) in [6.45, 7) is 3.07. The molecule has 0 aliphatic rings. The lowest BCUT2D eigenvalue weighted by atomic mass is 10.1. The van der Waals surface area contributed by atoms with E-state index in [0.717, 1.165) is 23.2 Å². The van der Waals surface area contributed by atoms with Gasteiger partial charge in [-0.05, 0) is 49.7 Å². The highest BCUT2D eigenvalue weighted by Crippen LogP contribution is 2.20. The number of rotatable bonds is 8. The Hall–Kier alpha value is -3.45. The molecule has 2 aromatic heterocycles. The summed E-state index contributed by atoms with van der Waals surface area (Å²) in [6, 6.07) is 16.5. The maximum absolute atomic E-state index is 12.4. The predicted octanol–water partition coefficient (Wildman–Crippen LogP) is 3.10. The molecule has 154 valence electrons. The van der Waals surface area contributed by atoms with Gasteiger partial charge in [-0.25, -0.2) is 9.67 Å². The van der Waals surface area contributed by atoms with E-state index in [-0.39, 0.29) is 11.9 Å². The van der Waals surface area contributed by atoms with E-state index in [1.165, 1.54) is 17.3 Å². The number of hydrogen-bond acceptors (Lipinski definition) is 4. The number of aromatic amines is 1. The van der Waals surface area contributed by atoms with E-state index in [9.17, 15) is 4.79 Å². The number of hydrogen-bond donors (Lipinski definition) is 2. The summed E-state index contributed by atoms with van der Waals surface area (Å²) in [4.78, 5) is 21.7. The zero-order valence-corrected chi connectivity index (χ0v) is 17.2. The number of benzene rings is 2. The SMILES string of the molecule is CC(c1ccc(-n2cncn2)cc1)N(C)CC(=O)NCCc1c[nH]c2ccccc12. The Balaban J connectivity index is 1.27. The van der Waals surface area contributed by atoms with E-state index >= 15 is 0 Å². The minimum atomic E-state index is 0.0310. The maximum Gasteiger partial charge on any atom is 0.234 e. The van der Waals surface area contributed by atoms with Crippen molar-refractivity contribution in [2.75, 3.05) is 20.1 Å². The molecule has 0 aliphatic carbocycles. The molecule has 1 atom stereocenters. The molecule has 0 saturated heterocycles. The van der Waals surface area contributed by atoms with Crippen molar-refractivity contribution in [2.24, 2.45) is 0 Å². The summed E-state index contributed by atoms with van der Waals surface area (Å²) in [6.07, 6.45) is 6.01. The van der Waals surface area contributed by atoms with E-state index in [2.05, 4.69) is 51.6 Å². The first-order chi connectivity index (χ1) is 14.6. The lowest BCUT2D eigenvalue weighted by Crippen LogP contribution is -2.37. The fourth-order valence-corrected chi connectivity index (χ4v) is 3.60. The highest BCUT2D eigenvalue weighted by molar-refractivity contribution is 5.83. The lowest BCUT2D eigenvalue weighted by molar-refractivity contribution is -0.122. The van der Waals surface area contributed by atoms with Crippen LogP contribution in [0.4, 0.5) is 0 Å². The molecule has 2 N–H and O–H groups in total. The fraction of sp³-hybridized carbons (Fsp3) is 0.261. The van der Waals surface area contributed by atoms with E-state index in [0.29, 0.717) is 13.1 Å². The van der Waals surface area contributed by atoms with E-state index in [4.69, 9.17) is 0 Å². The average molecular weight is 403 g/mol. The molecule has 2 heterocycles. The van der Waals surface area contributed by atoms with E-state index < -0.39 is 0 Å². The van der Waals surface area contributed by atoms with Gasteiger partial charge in [-0.3, -0.25) is 9.69 Å². The van der Waals surface area contributed by atoms with Gasteiger partial charge < -0.3 is 10.3 Å². The summed E-state index contributed by atoms with van der Waals surface area (Å²) >= 11 is 0. The Labute approximate surface area is 175 Å². The number of nitrogens with zero attached hydrogens (tertiary/aromatic N) is 4. The second kappa shape index (κ2) is 8.92. The highest BCUT2D eigenvalue weighted by atomic mass is 16.2. The molecule has 1 amide bonds. The zero-order chi connectivity index (χ0) is 20.9. The Kier molecular flexibility index (Phi) is 5.90. The molecule has 0 aliphatic heterocycles. The Morgan fingerprint density at radius 3 is 2.77 bits per heavy atom. The Morgan fingerprint density at radius 1 is 1.20 bits per heavy atom. The molecule has 30 heavy (non-hydrogen) atoms. The summed E-state index contributed by atoms with van der Waals surface area (Å²) in [7, 11) is 1.97. The number of H-pyrrole nitrogens is 1. The van der Waals surface area contributed by atoms with Crippen molar-refractivity contribution >= 4 is 16.8 Å². The Morgan fingerprint density at radius 2 is 2.00 bits per heavy atom. The van der Waals surface area contributed by atoms with Crippen LogP contribution >= 0.6 is 0 Å². The van der Waals surface area contributed by atoms with Gasteiger partial charge in [0.1, 0.15) is 12.7 Å². The van der Waals surface area contributed by atoms with Crippen molar-refractivity contribution in [3.05, 3.63) is 78.5 Å². The normalized spacial score (nSPS) is 12.4. The van der Waals surface area contributed by atoms with Gasteiger partial charge in [0.2, 0.25) is 5.91 Å². The number of para-hydroxylation sites is 1. The first-order valence-electron chi connectivity index (χ1n) is 10.1. The van der Waals surface area contributed by atoms with E-state index in [1.54, 1.807) is 11.0 Å². The molecule has 4 aromatic rings. The maximum atomic E-state index is 12.4. The zero-order valence-electron chi connectivity index (χ0n) is 17.2. The molecule has 7 heteroatoms. The van der Waals surface area contributed by atoms with Gasteiger partial charge in [0, 0.05) is 29.7 Å². The fourth-order valence-electron chi connectivity index (χ4n) is 3.60. The van der Waals surface area contributed by atoms with Crippen molar-refractivity contribution in [3.63, 3.8) is 0 Å². The average Bonchev–Trinajstić information content (AvgIpc) is 3.44. The van der Waals surface area contributed by atoms with Crippen molar-refractivity contribution in [2.45, 2.75) is 19.4 Å². The summed E-state index contributed by atoms with van der Waals surface area (Å²) in [5, 5.41) is 8.39. The third kappa shape index (κ3) is 4.41. The molecular weight excluding hydrogens is 376 g/mol. The third-order valence-corrected chi connectivity index (χ3v) is 5.50. The Bertz CT molecular complexity index is 1100. The van der Waals surface area contributed by atoms with Crippen LogP contribution in [-0.4, -0.2) is 50.7 Å². The van der Waals surface area contributed by atoms with Crippen LogP contribution in [0, 0.1) is 0 Å². The number of aromatic nitrogens is 4. The van der Waals surface area contributed by atoms with Crippen molar-refractivity contribution in [1.29, 1.82) is 0 Å². The van der Waals surface area contributed by atoms with Gasteiger partial charge in [-0.1, -0.05) is 30.3 Å². The van der Waals surface area contributed by atoms with E-state index in [1.807, 2.05) is 42.4 Å². The number of amides is 1. The molecule has 0 saturated carbocycles. The smallest absolute Gasteiger partial charge is 0.234 e. The first-order valence-corrected chi connectivity index (χ1v) is 10.1. The van der Waals surface area contributed by atoms with Crippen molar-refractivity contribution < 1.29 is 4.79 Å². The molecule has 7 nitrogen and oxygen atoms in total. The van der Waals surface area contributed by atoms with Crippen LogP contribution in [0.15, 0.2) is 67.4 Å². The van der Waals surface area contributed by atoms with Crippen LogP contribution in [0.2, 0.25) is 0 Å². The molecule has 1 unspecified atom stereocenters. The molecule has 0 bridgehead atoms. The third-order valence-electron chi connectivity index (χ3n) is 5.50. The monoisotopic (exact) mass is 402 g/mol. The second-order valence-corrected chi connectivity index (χ2v) is 7.48. The van der Waals surface area contributed by atoms with Crippen LogP contribution in [0.25, 0.3) is 16.6 Å². The van der Waals surface area contributed by atoms with Gasteiger partial charge in [0.25, 0.3) is 0 Å². The second-order valence-electron chi connectivity index (χ2n) is 7.48. The predicted molar refractivity (Wildman–Crippen MR) is 117 cm³/mol. The molecule has 0 radical (unpaired) electrons. The molecule has 0 fully saturated rings. The summed E-state index contributed by atoms with van der Waals surface area (Å²) < 4.78 is 1.72. The summed E-state index contributed by atoms with van der Waals surface area (Å²) in [5.74, 6) is 0.0310. The van der Waals surface area contributed by atoms with Crippen LogP contribution < -0.4 is 5.32 Å². The largest absolute Gasteiger partial charge is 0.361 e. The number of carbonyl (C=O) groups is 1. The number of likely N-dealkylation sites (N-methyl/N-ethyl adjacent to an activating group) is 1. The lowest BCUT2D eigenvalue weighted by Gasteiger charge is -2.24. The van der Waals surface area contributed by atoms with Gasteiger partial charge >= 0.3 is 0 Å². The summed E-state index contributed by atoms with van der Waals surface area (Å²) in [5.41, 5.74) is 4.46. The standard InChI is InChI=1S/C23H26N6O/c1-17(18-7-9-20(10-8-18)29-16-24-15-27-29)28(2)14-23(30)25-12-11-19-13-26-22-6-4-3-5-21(19)22/h3-10,13,15-17,26H,11-12,14H2,1-2H3,(H,25,30). The molecule has 2 aromatic carbocycles. The van der Waals surface area contributed by atoms with Crippen LogP contribution in [0.1, 0.15) is 24.1 Å². The molecular formula is C23H26N6O. The minimum absolute atomic E-state index is 0.0310. The topological polar surface area (TPSA) is 78.8 Å². The van der Waals surface area contributed by atoms with Gasteiger partial charge in [0.05, 0.1) is 12.2 Å². The molecule has 0 spiro atoms. The number of fused-ring (bicyclic) bond motifs is 1. The van der Waals surface area contributed by atoms with Crippen molar-refractivity contribution in [3.8, 4) is 5.69 Å². The number of nitrogens with one attached hydrogen (secondary N) is 2. The number of carbonyl (C=O) groups excluding carboxylic acids is 1. The highest BCUT2D eigenvalue weighted by Gasteiger charge is 2.15. The van der Waals surface area contributed by atoms with Crippen LogP contribution in [-0.2, 0) is 11.2 Å². The van der Waals surface area contributed by atoms with Crippen LogP contribution in [0.5, 0.6) is 0 Å². The first kappa shape index (κ1) is 19.8.